The van der Waals surface area contributed by atoms with E-state index in [1.807, 2.05) is 12.1 Å². The summed E-state index contributed by atoms with van der Waals surface area (Å²) in [5.41, 5.74) is 8.44. The van der Waals surface area contributed by atoms with Gasteiger partial charge in [0.1, 0.15) is 6.04 Å². The van der Waals surface area contributed by atoms with Gasteiger partial charge in [-0.1, -0.05) is 38.1 Å². The van der Waals surface area contributed by atoms with Crippen molar-refractivity contribution in [3.8, 4) is 11.1 Å². The Labute approximate surface area is 143 Å². The summed E-state index contributed by atoms with van der Waals surface area (Å²) in [7, 11) is 0. The minimum atomic E-state index is -2.69. The van der Waals surface area contributed by atoms with Gasteiger partial charge < -0.3 is 15.4 Å². The fourth-order valence-electron chi connectivity index (χ4n) is 2.47. The molecule has 2 aromatic rings. The van der Waals surface area contributed by atoms with E-state index in [2.05, 4.69) is 0 Å². The van der Waals surface area contributed by atoms with Crippen LogP contribution in [0.4, 0.5) is 11.4 Å². The van der Waals surface area contributed by atoms with Crippen LogP contribution in [0.25, 0.3) is 11.1 Å². The van der Waals surface area contributed by atoms with Crippen molar-refractivity contribution in [1.82, 2.24) is 0 Å². The molecule has 0 heterocycles. The Morgan fingerprint density at radius 3 is 1.92 bits per heavy atom. The number of benzene rings is 2. The first kappa shape index (κ1) is 18.0. The largest absolute Gasteiger partial charge is 0.755 e. The number of aliphatic carboxylic acids is 1. The van der Waals surface area contributed by atoms with Crippen LogP contribution in [0.1, 0.15) is 13.8 Å². The zero-order chi connectivity index (χ0) is 17.9. The minimum absolute atomic E-state index is 0.309. The second-order valence-corrected chi connectivity index (χ2v) is 6.57. The molecule has 0 saturated heterocycles. The summed E-state index contributed by atoms with van der Waals surface area (Å²) in [6.07, 6.45) is 0. The summed E-state index contributed by atoms with van der Waals surface area (Å²) < 4.78 is 24.1. The first-order chi connectivity index (χ1) is 11.3. The molecule has 0 spiro atoms. The van der Waals surface area contributed by atoms with Crippen molar-refractivity contribution < 1.29 is 18.7 Å². The molecule has 6 nitrogen and oxygen atoms in total. The highest BCUT2D eigenvalue weighted by Gasteiger charge is 2.30. The molecule has 7 heteroatoms. The summed E-state index contributed by atoms with van der Waals surface area (Å²) in [5.74, 6) is -1.56. The highest BCUT2D eigenvalue weighted by molar-refractivity contribution is 7.80. The van der Waals surface area contributed by atoms with E-state index in [9.17, 15) is 18.7 Å². The number of rotatable bonds is 6. The van der Waals surface area contributed by atoms with Gasteiger partial charge in [-0.2, -0.15) is 0 Å². The Morgan fingerprint density at radius 1 is 1.08 bits per heavy atom. The number of hydrogen-bond donors (Lipinski definition) is 2. The molecule has 0 bridgehead atoms. The lowest BCUT2D eigenvalue weighted by molar-refractivity contribution is -0.139. The van der Waals surface area contributed by atoms with Crippen molar-refractivity contribution in [3.63, 3.8) is 0 Å². The van der Waals surface area contributed by atoms with Crippen molar-refractivity contribution in [2.24, 2.45) is 5.92 Å². The number of carboxylic acid groups (broad SMARTS) is 1. The smallest absolute Gasteiger partial charge is 0.327 e. The molecule has 0 fully saturated rings. The molecule has 24 heavy (non-hydrogen) atoms. The third-order valence-electron chi connectivity index (χ3n) is 3.66. The van der Waals surface area contributed by atoms with Crippen LogP contribution < -0.4 is 10.0 Å². The molecule has 0 radical (unpaired) electrons. The van der Waals surface area contributed by atoms with Crippen molar-refractivity contribution in [3.05, 3.63) is 48.5 Å². The molecule has 0 aromatic heterocycles. The molecule has 3 N–H and O–H groups in total. The molecule has 0 aliphatic heterocycles. The second kappa shape index (κ2) is 7.46. The fraction of sp³-hybridized carbons (Fsp3) is 0.235. The predicted molar refractivity (Wildman–Crippen MR) is 94.0 cm³/mol. The van der Waals surface area contributed by atoms with E-state index in [-0.39, 0.29) is 5.92 Å². The van der Waals surface area contributed by atoms with Crippen LogP contribution >= 0.6 is 0 Å². The Hall–Kier alpha value is -2.38. The van der Waals surface area contributed by atoms with Gasteiger partial charge in [0.05, 0.1) is 0 Å². The summed E-state index contributed by atoms with van der Waals surface area (Å²) >= 11 is -2.69. The summed E-state index contributed by atoms with van der Waals surface area (Å²) in [4.78, 5) is 11.5. The zero-order valence-electron chi connectivity index (χ0n) is 13.4. The highest BCUT2D eigenvalue weighted by Crippen LogP contribution is 2.27. The molecule has 0 aliphatic rings. The van der Waals surface area contributed by atoms with Gasteiger partial charge in [-0.15, -0.1) is 0 Å². The molecule has 2 aromatic carbocycles. The van der Waals surface area contributed by atoms with Crippen LogP contribution in [0.5, 0.6) is 0 Å². The normalized spacial score (nSPS) is 13.5. The lowest BCUT2D eigenvalue weighted by atomic mass is 10.0. The zero-order valence-corrected chi connectivity index (χ0v) is 14.2. The maximum atomic E-state index is 11.6. The second-order valence-electron chi connectivity index (χ2n) is 5.74. The average molecular weight is 347 g/mol. The van der Waals surface area contributed by atoms with Gasteiger partial charge in [0, 0.05) is 22.6 Å². The number of carboxylic acids is 1. The number of nitrogens with zero attached hydrogens (tertiary/aromatic N) is 1. The molecule has 2 rings (SSSR count). The van der Waals surface area contributed by atoms with E-state index in [0.29, 0.717) is 11.4 Å². The maximum absolute atomic E-state index is 11.6. The molecular formula is C17H19N2O4S-. The SMILES string of the molecule is CC(C)C(C(=O)O)N(c1ccc(-c2ccc(N)cc2)cc1)S(=O)[O-]. The van der Waals surface area contributed by atoms with Crippen LogP contribution in [0, 0.1) is 5.92 Å². The topological polar surface area (TPSA) is 107 Å². The van der Waals surface area contributed by atoms with Crippen LogP contribution in [-0.2, 0) is 16.1 Å². The van der Waals surface area contributed by atoms with E-state index in [0.717, 1.165) is 15.4 Å². The first-order valence-electron chi connectivity index (χ1n) is 7.38. The van der Waals surface area contributed by atoms with Crippen LogP contribution in [0.15, 0.2) is 48.5 Å². The van der Waals surface area contributed by atoms with Gasteiger partial charge >= 0.3 is 5.97 Å². The number of hydrogen-bond acceptors (Lipinski definition) is 4. The lowest BCUT2D eigenvalue weighted by Crippen LogP contribution is -2.45. The molecule has 128 valence electrons. The van der Waals surface area contributed by atoms with E-state index in [4.69, 9.17) is 5.73 Å². The third kappa shape index (κ3) is 3.93. The number of anilines is 2. The van der Waals surface area contributed by atoms with Crippen molar-refractivity contribution in [2.75, 3.05) is 10.0 Å². The highest BCUT2D eigenvalue weighted by atomic mass is 32.2. The van der Waals surface area contributed by atoms with E-state index < -0.39 is 23.3 Å². The summed E-state index contributed by atoms with van der Waals surface area (Å²) in [6, 6.07) is 12.8. The van der Waals surface area contributed by atoms with Crippen LogP contribution in [-0.4, -0.2) is 25.9 Å². The van der Waals surface area contributed by atoms with Gasteiger partial charge in [0.15, 0.2) is 0 Å². The van der Waals surface area contributed by atoms with Crippen molar-refractivity contribution in [2.45, 2.75) is 19.9 Å². The fourth-order valence-corrected chi connectivity index (χ4v) is 3.28. The monoisotopic (exact) mass is 347 g/mol. The quantitative estimate of drug-likeness (QED) is 0.617. The Bertz CT molecular complexity index is 729. The number of carbonyl (C=O) groups is 1. The van der Waals surface area contributed by atoms with Gasteiger partial charge in [0.2, 0.25) is 0 Å². The summed E-state index contributed by atoms with van der Waals surface area (Å²) in [5, 5.41) is 9.36. The average Bonchev–Trinajstić information content (AvgIpc) is 2.52. The van der Waals surface area contributed by atoms with Gasteiger partial charge in [-0.25, -0.2) is 4.79 Å². The van der Waals surface area contributed by atoms with E-state index in [1.54, 1.807) is 50.2 Å². The molecule has 0 saturated carbocycles. The molecule has 0 amide bonds. The predicted octanol–water partition coefficient (Wildman–Crippen LogP) is 2.65. The lowest BCUT2D eigenvalue weighted by Gasteiger charge is -2.34. The van der Waals surface area contributed by atoms with E-state index in [1.165, 1.54) is 0 Å². The maximum Gasteiger partial charge on any atom is 0.327 e. The standard InChI is InChI=1S/C17H20N2O4S/c1-11(2)16(17(20)21)19(24(22)23)15-9-5-13(6-10-15)12-3-7-14(18)8-4-12/h3-11,16H,18H2,1-2H3,(H,20,21)(H,22,23)/p-1. The third-order valence-corrected chi connectivity index (χ3v) is 4.42. The van der Waals surface area contributed by atoms with Crippen LogP contribution in [0.2, 0.25) is 0 Å². The molecule has 2 unspecified atom stereocenters. The summed E-state index contributed by atoms with van der Waals surface area (Å²) in [6.45, 7) is 3.34. The van der Waals surface area contributed by atoms with Crippen molar-refractivity contribution >= 4 is 28.6 Å². The van der Waals surface area contributed by atoms with Crippen LogP contribution in [0.3, 0.4) is 0 Å². The first-order valence-corrected chi connectivity index (χ1v) is 8.42. The van der Waals surface area contributed by atoms with Gasteiger partial charge in [0.25, 0.3) is 0 Å². The minimum Gasteiger partial charge on any atom is -0.755 e. The molecular weight excluding hydrogens is 328 g/mol. The Kier molecular flexibility index (Phi) is 5.58. The molecule has 2 atom stereocenters. The Balaban J connectivity index is 2.37. The van der Waals surface area contributed by atoms with Gasteiger partial charge in [-0.05, 0) is 41.3 Å². The Morgan fingerprint density at radius 2 is 1.54 bits per heavy atom. The van der Waals surface area contributed by atoms with Crippen molar-refractivity contribution in [1.29, 1.82) is 0 Å². The number of nitrogen functional groups attached to an aromatic ring is 1. The molecule has 0 aliphatic carbocycles. The van der Waals surface area contributed by atoms with E-state index >= 15 is 0 Å². The van der Waals surface area contributed by atoms with Gasteiger partial charge in [-0.3, -0.25) is 8.51 Å². The number of nitrogens with two attached hydrogens (primary N) is 1.